The quantitative estimate of drug-likeness (QED) is 0.847. The predicted molar refractivity (Wildman–Crippen MR) is 61.4 cm³/mol. The number of carbonyl (C=O) groups is 1. The molecule has 88 valence electrons. The fourth-order valence-electron chi connectivity index (χ4n) is 1.47. The van der Waals surface area contributed by atoms with E-state index in [0.717, 1.165) is 0 Å². The van der Waals surface area contributed by atoms with Crippen molar-refractivity contribution in [3.05, 3.63) is 34.4 Å². The number of carboxylic acid groups (broad SMARTS) is 1. The minimum atomic E-state index is -3.68. The number of aryl methyl sites for hydroxylation is 2. The van der Waals surface area contributed by atoms with E-state index < -0.39 is 15.0 Å². The molecular weight excluding hydrogens is 252 g/mol. The summed E-state index contributed by atoms with van der Waals surface area (Å²) in [7, 11) is 1.46. The highest BCUT2D eigenvalue weighted by molar-refractivity contribution is 8.13. The molecule has 0 saturated heterocycles. The number of hydrogen-bond acceptors (Lipinski definition) is 3. The highest BCUT2D eigenvalue weighted by atomic mass is 35.7. The Morgan fingerprint density at radius 2 is 1.88 bits per heavy atom. The molecule has 4 nitrogen and oxygen atoms in total. The highest BCUT2D eigenvalue weighted by Crippen LogP contribution is 2.19. The Bertz CT molecular complexity index is 534. The van der Waals surface area contributed by atoms with Gasteiger partial charge in [-0.15, -0.1) is 0 Å². The van der Waals surface area contributed by atoms with Gasteiger partial charge in [0.25, 0.3) is 0 Å². The van der Waals surface area contributed by atoms with E-state index in [4.69, 9.17) is 15.8 Å². The van der Waals surface area contributed by atoms with Crippen LogP contribution in [0.4, 0.5) is 0 Å². The first-order valence-corrected chi connectivity index (χ1v) is 6.94. The zero-order valence-electron chi connectivity index (χ0n) is 8.82. The smallest absolute Gasteiger partial charge is 0.335 e. The molecule has 0 unspecified atom stereocenters. The summed E-state index contributed by atoms with van der Waals surface area (Å²) in [5.74, 6) is -1.44. The van der Waals surface area contributed by atoms with E-state index in [0.29, 0.717) is 16.7 Å². The average molecular weight is 263 g/mol. The maximum absolute atomic E-state index is 10.9. The van der Waals surface area contributed by atoms with Crippen molar-refractivity contribution in [2.75, 3.05) is 0 Å². The van der Waals surface area contributed by atoms with Gasteiger partial charge in [0, 0.05) is 10.7 Å². The van der Waals surface area contributed by atoms with E-state index in [1.54, 1.807) is 19.9 Å². The topological polar surface area (TPSA) is 71.4 Å². The lowest BCUT2D eigenvalue weighted by atomic mass is 10.0. The summed E-state index contributed by atoms with van der Waals surface area (Å²) in [6, 6.07) is 2.99. The van der Waals surface area contributed by atoms with Gasteiger partial charge in [-0.3, -0.25) is 0 Å². The fourth-order valence-corrected chi connectivity index (χ4v) is 2.50. The van der Waals surface area contributed by atoms with Gasteiger partial charge in [-0.2, -0.15) is 0 Å². The molecular formula is C10H11ClO4S. The van der Waals surface area contributed by atoms with Gasteiger partial charge in [0.1, 0.15) is 0 Å². The van der Waals surface area contributed by atoms with Crippen LogP contribution in [-0.4, -0.2) is 19.5 Å². The van der Waals surface area contributed by atoms with Gasteiger partial charge in [-0.1, -0.05) is 6.07 Å². The fraction of sp³-hybridized carbons (Fsp3) is 0.300. The lowest BCUT2D eigenvalue weighted by molar-refractivity contribution is 0.0696. The van der Waals surface area contributed by atoms with Crippen molar-refractivity contribution in [3.63, 3.8) is 0 Å². The molecule has 0 aliphatic heterocycles. The zero-order valence-corrected chi connectivity index (χ0v) is 10.4. The van der Waals surface area contributed by atoms with E-state index in [1.165, 1.54) is 6.07 Å². The SMILES string of the molecule is Cc1cc(C)c(C(=O)O)cc1CS(=O)(=O)Cl. The second-order valence-electron chi connectivity index (χ2n) is 3.58. The molecule has 0 bridgehead atoms. The highest BCUT2D eigenvalue weighted by Gasteiger charge is 2.14. The predicted octanol–water partition coefficient (Wildman–Crippen LogP) is 2.07. The maximum Gasteiger partial charge on any atom is 0.335 e. The molecule has 0 aliphatic carbocycles. The second-order valence-corrected chi connectivity index (χ2v) is 6.36. The first-order valence-electron chi connectivity index (χ1n) is 4.46. The number of hydrogen-bond donors (Lipinski definition) is 1. The summed E-state index contributed by atoms with van der Waals surface area (Å²) in [6.07, 6.45) is 0. The van der Waals surface area contributed by atoms with Crippen LogP contribution < -0.4 is 0 Å². The van der Waals surface area contributed by atoms with Gasteiger partial charge in [0.15, 0.2) is 0 Å². The molecule has 0 heterocycles. The molecule has 0 aliphatic rings. The van der Waals surface area contributed by atoms with Crippen LogP contribution in [0, 0.1) is 13.8 Å². The Morgan fingerprint density at radius 1 is 1.31 bits per heavy atom. The summed E-state index contributed by atoms with van der Waals surface area (Å²) >= 11 is 0. The van der Waals surface area contributed by atoms with E-state index >= 15 is 0 Å². The van der Waals surface area contributed by atoms with Crippen molar-refractivity contribution in [1.82, 2.24) is 0 Å². The van der Waals surface area contributed by atoms with Crippen molar-refractivity contribution >= 4 is 25.7 Å². The van der Waals surface area contributed by atoms with Crippen LogP contribution in [-0.2, 0) is 14.8 Å². The third kappa shape index (κ3) is 3.21. The Hall–Kier alpha value is -1.07. The minimum Gasteiger partial charge on any atom is -0.478 e. The molecule has 1 rings (SSSR count). The Morgan fingerprint density at radius 3 is 2.31 bits per heavy atom. The first-order chi connectivity index (χ1) is 7.20. The molecule has 16 heavy (non-hydrogen) atoms. The molecule has 1 aromatic rings. The molecule has 0 spiro atoms. The first kappa shape index (κ1) is 13.0. The second kappa shape index (κ2) is 4.43. The number of aromatic carboxylic acids is 1. The third-order valence-electron chi connectivity index (χ3n) is 2.24. The summed E-state index contributed by atoms with van der Waals surface area (Å²) < 4.78 is 21.9. The number of halogens is 1. The molecule has 0 fully saturated rings. The molecule has 0 radical (unpaired) electrons. The molecule has 0 saturated carbocycles. The van der Waals surface area contributed by atoms with Gasteiger partial charge in [-0.25, -0.2) is 13.2 Å². The van der Waals surface area contributed by atoms with E-state index in [-0.39, 0.29) is 11.3 Å². The van der Waals surface area contributed by atoms with E-state index in [2.05, 4.69) is 0 Å². The molecule has 1 aromatic carbocycles. The van der Waals surface area contributed by atoms with Crippen LogP contribution in [0.1, 0.15) is 27.0 Å². The van der Waals surface area contributed by atoms with Gasteiger partial charge in [0.2, 0.25) is 9.05 Å². The summed E-state index contributed by atoms with van der Waals surface area (Å²) in [6.45, 7) is 3.38. The normalized spacial score (nSPS) is 11.4. The summed E-state index contributed by atoms with van der Waals surface area (Å²) in [5, 5.41) is 8.90. The zero-order chi connectivity index (χ0) is 12.5. The lowest BCUT2D eigenvalue weighted by Gasteiger charge is -2.08. The van der Waals surface area contributed by atoms with Crippen LogP contribution in [0.2, 0.25) is 0 Å². The summed E-state index contributed by atoms with van der Waals surface area (Å²) in [5.41, 5.74) is 1.83. The van der Waals surface area contributed by atoms with E-state index in [9.17, 15) is 13.2 Å². The maximum atomic E-state index is 10.9. The van der Waals surface area contributed by atoms with Crippen molar-refractivity contribution in [3.8, 4) is 0 Å². The largest absolute Gasteiger partial charge is 0.478 e. The van der Waals surface area contributed by atoms with E-state index in [1.807, 2.05) is 0 Å². The van der Waals surface area contributed by atoms with Gasteiger partial charge in [-0.05, 0) is 36.6 Å². The Balaban J connectivity index is 3.31. The molecule has 1 N–H and O–H groups in total. The Labute approximate surface area is 98.3 Å². The molecule has 0 amide bonds. The monoisotopic (exact) mass is 262 g/mol. The van der Waals surface area contributed by atoms with Gasteiger partial charge < -0.3 is 5.11 Å². The third-order valence-corrected chi connectivity index (χ3v) is 3.22. The van der Waals surface area contributed by atoms with Crippen molar-refractivity contribution in [2.24, 2.45) is 0 Å². The Kier molecular flexibility index (Phi) is 3.60. The van der Waals surface area contributed by atoms with Crippen LogP contribution in [0.15, 0.2) is 12.1 Å². The van der Waals surface area contributed by atoms with Crippen molar-refractivity contribution < 1.29 is 18.3 Å². The van der Waals surface area contributed by atoms with Crippen LogP contribution in [0.5, 0.6) is 0 Å². The number of rotatable bonds is 3. The summed E-state index contributed by atoms with van der Waals surface area (Å²) in [4.78, 5) is 10.9. The van der Waals surface area contributed by atoms with Crippen molar-refractivity contribution in [2.45, 2.75) is 19.6 Å². The van der Waals surface area contributed by atoms with Crippen LogP contribution in [0.3, 0.4) is 0 Å². The standard InChI is InChI=1S/C10H11ClO4S/c1-6-3-7(2)9(10(12)13)4-8(6)5-16(11,14)15/h3-4H,5H2,1-2H3,(H,12,13). The van der Waals surface area contributed by atoms with Gasteiger partial charge >= 0.3 is 5.97 Å². The number of benzene rings is 1. The molecule has 6 heteroatoms. The molecule has 0 atom stereocenters. The average Bonchev–Trinajstić information content (AvgIpc) is 2.07. The minimum absolute atomic E-state index is 0.0981. The number of carboxylic acids is 1. The van der Waals surface area contributed by atoms with Crippen LogP contribution in [0.25, 0.3) is 0 Å². The van der Waals surface area contributed by atoms with Crippen LogP contribution >= 0.6 is 10.7 Å². The molecule has 0 aromatic heterocycles. The van der Waals surface area contributed by atoms with Crippen molar-refractivity contribution in [1.29, 1.82) is 0 Å². The van der Waals surface area contributed by atoms with Gasteiger partial charge in [0.05, 0.1) is 11.3 Å². The lowest BCUT2D eigenvalue weighted by Crippen LogP contribution is -2.05.